The molecule has 0 saturated heterocycles. The van der Waals surface area contributed by atoms with Crippen molar-refractivity contribution in [2.24, 2.45) is 0 Å². The van der Waals surface area contributed by atoms with Crippen LogP contribution in [-0.4, -0.2) is 17.6 Å². The van der Waals surface area contributed by atoms with E-state index < -0.39 is 0 Å². The molecule has 0 fully saturated rings. The van der Waals surface area contributed by atoms with E-state index in [2.05, 4.69) is 18.0 Å². The van der Waals surface area contributed by atoms with Gasteiger partial charge in [-0.1, -0.05) is 43.7 Å². The van der Waals surface area contributed by atoms with E-state index in [1.165, 1.54) is 6.08 Å². The number of esters is 1. The SMILES string of the molecule is CCCCOC(=O)/C=C/c1c(-c2ccc(C#N)cc2)[nH]c2ccccc12. The summed E-state index contributed by atoms with van der Waals surface area (Å²) in [6, 6.07) is 17.5. The molecule has 26 heavy (non-hydrogen) atoms. The Morgan fingerprint density at radius 2 is 1.96 bits per heavy atom. The smallest absolute Gasteiger partial charge is 0.330 e. The lowest BCUT2D eigenvalue weighted by atomic mass is 10.0. The maximum Gasteiger partial charge on any atom is 0.330 e. The molecular formula is C22H20N2O2. The standard InChI is InChI=1S/C22H20N2O2/c1-2-3-14-26-21(25)13-12-19-18-6-4-5-7-20(18)24-22(19)17-10-8-16(15-23)9-11-17/h4-13,24H,2-3,14H2,1H3/b13-12+. The predicted octanol–water partition coefficient (Wildman–Crippen LogP) is 5.06. The van der Waals surface area contributed by atoms with Crippen LogP contribution in [0.1, 0.15) is 30.9 Å². The van der Waals surface area contributed by atoms with E-state index in [4.69, 9.17) is 10.00 Å². The van der Waals surface area contributed by atoms with Gasteiger partial charge >= 0.3 is 5.97 Å². The van der Waals surface area contributed by atoms with E-state index >= 15 is 0 Å². The molecule has 2 aromatic carbocycles. The number of carbonyl (C=O) groups excluding carboxylic acids is 1. The van der Waals surface area contributed by atoms with Gasteiger partial charge in [-0.2, -0.15) is 5.26 Å². The zero-order valence-electron chi connectivity index (χ0n) is 14.7. The minimum atomic E-state index is -0.338. The highest BCUT2D eigenvalue weighted by Gasteiger charge is 2.11. The number of unbranched alkanes of at least 4 members (excludes halogenated alkanes) is 1. The molecule has 0 saturated carbocycles. The number of para-hydroxylation sites is 1. The highest BCUT2D eigenvalue weighted by molar-refractivity contribution is 5.99. The van der Waals surface area contributed by atoms with Crippen LogP contribution in [0.25, 0.3) is 28.2 Å². The second kappa shape index (κ2) is 8.17. The number of aromatic amines is 1. The summed E-state index contributed by atoms with van der Waals surface area (Å²) in [5.41, 5.74) is 4.40. The molecular weight excluding hydrogens is 324 g/mol. The van der Waals surface area contributed by atoms with Crippen molar-refractivity contribution in [3.05, 3.63) is 65.7 Å². The lowest BCUT2D eigenvalue weighted by Gasteiger charge is -2.02. The highest BCUT2D eigenvalue weighted by atomic mass is 16.5. The van der Waals surface area contributed by atoms with Gasteiger partial charge in [0.05, 0.1) is 23.9 Å². The molecule has 4 heteroatoms. The number of hydrogen-bond donors (Lipinski definition) is 1. The molecule has 130 valence electrons. The van der Waals surface area contributed by atoms with Crippen molar-refractivity contribution in [3.8, 4) is 17.3 Å². The molecule has 0 unspecified atom stereocenters. The van der Waals surface area contributed by atoms with Crippen molar-refractivity contribution >= 4 is 22.9 Å². The lowest BCUT2D eigenvalue weighted by Crippen LogP contribution is -2.01. The van der Waals surface area contributed by atoms with Gasteiger partial charge in [0.2, 0.25) is 0 Å². The van der Waals surface area contributed by atoms with Gasteiger partial charge in [-0.15, -0.1) is 0 Å². The summed E-state index contributed by atoms with van der Waals surface area (Å²) in [5.74, 6) is -0.338. The highest BCUT2D eigenvalue weighted by Crippen LogP contribution is 2.31. The van der Waals surface area contributed by atoms with Crippen LogP contribution in [0, 0.1) is 11.3 Å². The largest absolute Gasteiger partial charge is 0.463 e. The fourth-order valence-corrected chi connectivity index (χ4v) is 2.79. The molecule has 1 N–H and O–H groups in total. The first-order valence-electron chi connectivity index (χ1n) is 8.69. The van der Waals surface area contributed by atoms with Gasteiger partial charge in [0.15, 0.2) is 0 Å². The Morgan fingerprint density at radius 3 is 2.69 bits per heavy atom. The Kier molecular flexibility index (Phi) is 5.50. The predicted molar refractivity (Wildman–Crippen MR) is 103 cm³/mol. The van der Waals surface area contributed by atoms with Gasteiger partial charge in [0.1, 0.15) is 0 Å². The Balaban J connectivity index is 1.97. The second-order valence-corrected chi connectivity index (χ2v) is 6.00. The average molecular weight is 344 g/mol. The topological polar surface area (TPSA) is 65.9 Å². The van der Waals surface area contributed by atoms with Crippen molar-refractivity contribution < 1.29 is 9.53 Å². The van der Waals surface area contributed by atoms with Crippen molar-refractivity contribution in [2.45, 2.75) is 19.8 Å². The molecule has 0 aliphatic carbocycles. The minimum Gasteiger partial charge on any atom is -0.463 e. The van der Waals surface area contributed by atoms with Crippen LogP contribution in [0.5, 0.6) is 0 Å². The van der Waals surface area contributed by atoms with Crippen LogP contribution in [-0.2, 0) is 9.53 Å². The van der Waals surface area contributed by atoms with E-state index in [1.54, 1.807) is 18.2 Å². The molecule has 1 aromatic heterocycles. The Labute approximate surface area is 152 Å². The molecule has 0 bridgehead atoms. The number of aromatic nitrogens is 1. The molecule has 4 nitrogen and oxygen atoms in total. The third kappa shape index (κ3) is 3.84. The Hall–Kier alpha value is -3.32. The lowest BCUT2D eigenvalue weighted by molar-refractivity contribution is -0.137. The first kappa shape index (κ1) is 17.5. The van der Waals surface area contributed by atoms with Gasteiger partial charge in [0.25, 0.3) is 0 Å². The molecule has 3 aromatic rings. The van der Waals surface area contributed by atoms with Gasteiger partial charge in [-0.3, -0.25) is 0 Å². The second-order valence-electron chi connectivity index (χ2n) is 6.00. The van der Waals surface area contributed by atoms with Crippen LogP contribution >= 0.6 is 0 Å². The number of H-pyrrole nitrogens is 1. The van der Waals surface area contributed by atoms with Crippen molar-refractivity contribution in [1.29, 1.82) is 5.26 Å². The third-order valence-electron chi connectivity index (χ3n) is 4.18. The summed E-state index contributed by atoms with van der Waals surface area (Å²) in [6.07, 6.45) is 5.12. The fraction of sp³-hybridized carbons (Fsp3) is 0.182. The molecule has 1 heterocycles. The van der Waals surface area contributed by atoms with E-state index in [9.17, 15) is 4.79 Å². The van der Waals surface area contributed by atoms with Crippen LogP contribution in [0.4, 0.5) is 0 Å². The monoisotopic (exact) mass is 344 g/mol. The van der Waals surface area contributed by atoms with Crippen molar-refractivity contribution in [1.82, 2.24) is 4.98 Å². The maximum atomic E-state index is 11.9. The minimum absolute atomic E-state index is 0.338. The number of nitrogens with one attached hydrogen (secondary N) is 1. The van der Waals surface area contributed by atoms with Gasteiger partial charge in [-0.25, -0.2) is 4.79 Å². The molecule has 0 aliphatic rings. The van der Waals surface area contributed by atoms with Gasteiger partial charge in [0, 0.05) is 22.5 Å². The summed E-state index contributed by atoms with van der Waals surface area (Å²) in [5, 5.41) is 10.0. The maximum absolute atomic E-state index is 11.9. The first-order chi connectivity index (χ1) is 12.7. The van der Waals surface area contributed by atoms with E-state index in [0.29, 0.717) is 12.2 Å². The summed E-state index contributed by atoms with van der Waals surface area (Å²) < 4.78 is 5.20. The molecule has 0 spiro atoms. The van der Waals surface area contributed by atoms with Gasteiger partial charge < -0.3 is 9.72 Å². The first-order valence-corrected chi connectivity index (χ1v) is 8.69. The summed E-state index contributed by atoms with van der Waals surface area (Å²) >= 11 is 0. The number of nitrogens with zero attached hydrogens (tertiary/aromatic N) is 1. The normalized spacial score (nSPS) is 10.9. The van der Waals surface area contributed by atoms with Crippen LogP contribution in [0.2, 0.25) is 0 Å². The number of benzene rings is 2. The van der Waals surface area contributed by atoms with Crippen molar-refractivity contribution in [3.63, 3.8) is 0 Å². The molecule has 0 aliphatic heterocycles. The number of fused-ring (bicyclic) bond motifs is 1. The average Bonchev–Trinajstić information content (AvgIpc) is 3.05. The zero-order valence-corrected chi connectivity index (χ0v) is 14.7. The Bertz CT molecular complexity index is 976. The van der Waals surface area contributed by atoms with Crippen LogP contribution < -0.4 is 0 Å². The molecule has 0 radical (unpaired) electrons. The molecule has 0 amide bonds. The third-order valence-corrected chi connectivity index (χ3v) is 4.18. The number of nitriles is 1. The summed E-state index contributed by atoms with van der Waals surface area (Å²) in [4.78, 5) is 15.3. The fourth-order valence-electron chi connectivity index (χ4n) is 2.79. The number of ether oxygens (including phenoxy) is 1. The van der Waals surface area contributed by atoms with E-state index in [0.717, 1.165) is 40.6 Å². The summed E-state index contributed by atoms with van der Waals surface area (Å²) in [7, 11) is 0. The van der Waals surface area contributed by atoms with E-state index in [1.807, 2.05) is 36.4 Å². The number of hydrogen-bond acceptors (Lipinski definition) is 3. The van der Waals surface area contributed by atoms with Gasteiger partial charge in [-0.05, 0) is 36.3 Å². The molecule has 0 atom stereocenters. The Morgan fingerprint density at radius 1 is 1.19 bits per heavy atom. The number of rotatable bonds is 6. The number of carbonyl (C=O) groups is 1. The molecule has 3 rings (SSSR count). The quantitative estimate of drug-likeness (QED) is 0.386. The van der Waals surface area contributed by atoms with E-state index in [-0.39, 0.29) is 5.97 Å². The van der Waals surface area contributed by atoms with Crippen molar-refractivity contribution in [2.75, 3.05) is 6.61 Å². The summed E-state index contributed by atoms with van der Waals surface area (Å²) in [6.45, 7) is 2.50. The van der Waals surface area contributed by atoms with Crippen LogP contribution in [0.3, 0.4) is 0 Å². The zero-order chi connectivity index (χ0) is 18.4. The van der Waals surface area contributed by atoms with Crippen LogP contribution in [0.15, 0.2) is 54.6 Å².